The zero-order valence-electron chi connectivity index (χ0n) is 21.5. The summed E-state index contributed by atoms with van der Waals surface area (Å²) >= 11 is 7.39. The summed E-state index contributed by atoms with van der Waals surface area (Å²) in [6, 6.07) is 10.5. The van der Waals surface area contributed by atoms with Gasteiger partial charge in [-0.1, -0.05) is 22.9 Å². The first-order valence-corrected chi connectivity index (χ1v) is 14.3. The molecule has 0 aliphatic carbocycles. The van der Waals surface area contributed by atoms with Crippen molar-refractivity contribution in [3.63, 3.8) is 0 Å². The molecule has 1 saturated heterocycles. The Morgan fingerprint density at radius 2 is 1.95 bits per heavy atom. The molecule has 3 amide bonds. The molecule has 1 aliphatic rings. The lowest BCUT2D eigenvalue weighted by Crippen LogP contribution is -2.49. The van der Waals surface area contributed by atoms with Crippen LogP contribution in [0.1, 0.15) is 19.4 Å². The quantitative estimate of drug-likeness (QED) is 0.350. The van der Waals surface area contributed by atoms with E-state index in [4.69, 9.17) is 11.6 Å². The Morgan fingerprint density at radius 3 is 2.56 bits per heavy atom. The predicted octanol–water partition coefficient (Wildman–Crippen LogP) is 3.31. The van der Waals surface area contributed by atoms with Crippen molar-refractivity contribution >= 4 is 71.7 Å². The fourth-order valence-electron chi connectivity index (χ4n) is 4.25. The molecule has 0 radical (unpaired) electrons. The van der Waals surface area contributed by atoms with E-state index in [9.17, 15) is 27.8 Å². The lowest BCUT2D eigenvalue weighted by molar-refractivity contribution is -0.120. The summed E-state index contributed by atoms with van der Waals surface area (Å²) in [5.74, 6) is -0.610. The zero-order chi connectivity index (χ0) is 28.7. The van der Waals surface area contributed by atoms with Crippen molar-refractivity contribution < 1.29 is 22.6 Å². The molecule has 1 fully saturated rings. The molecule has 1 aromatic heterocycles. The minimum Gasteiger partial charge on any atom is -0.337 e. The maximum atomic E-state index is 13.6. The molecular formula is C24H26ClN7O5S2. The number of carbonyl (C=O) groups is 2. The zero-order valence-corrected chi connectivity index (χ0v) is 23.9. The fourth-order valence-corrected chi connectivity index (χ4v) is 6.44. The third kappa shape index (κ3) is 5.63. The largest absolute Gasteiger partial charge is 0.337 e. The first kappa shape index (κ1) is 28.5. The van der Waals surface area contributed by atoms with Gasteiger partial charge in [0.1, 0.15) is 11.6 Å². The van der Waals surface area contributed by atoms with E-state index in [1.807, 2.05) is 25.1 Å². The maximum absolute atomic E-state index is 13.6. The summed E-state index contributed by atoms with van der Waals surface area (Å²) in [6.07, 6.45) is 0. The van der Waals surface area contributed by atoms with Crippen molar-refractivity contribution in [2.45, 2.75) is 24.9 Å². The van der Waals surface area contributed by atoms with Crippen molar-refractivity contribution in [1.82, 2.24) is 15.2 Å². The number of nitrogens with zero attached hydrogens (tertiary/aromatic N) is 5. The topological polar surface area (TPSA) is 159 Å². The number of fused-ring (bicyclic) bond motifs is 1. The number of amides is 3. The minimum absolute atomic E-state index is 0.0304. The van der Waals surface area contributed by atoms with Crippen molar-refractivity contribution in [2.75, 3.05) is 42.3 Å². The van der Waals surface area contributed by atoms with Crippen molar-refractivity contribution in [2.24, 2.45) is 0 Å². The Balaban J connectivity index is 1.71. The van der Waals surface area contributed by atoms with E-state index in [1.54, 1.807) is 18.2 Å². The molecule has 1 aliphatic heterocycles. The predicted molar refractivity (Wildman–Crippen MR) is 151 cm³/mol. The Morgan fingerprint density at radius 1 is 1.26 bits per heavy atom. The number of urea groups is 1. The number of likely N-dealkylation sites (N-methyl/N-ethyl adjacent to an activating group) is 1. The van der Waals surface area contributed by atoms with Crippen LogP contribution in [0.4, 0.5) is 21.3 Å². The summed E-state index contributed by atoms with van der Waals surface area (Å²) in [4.78, 5) is 34.4. The second kappa shape index (κ2) is 10.6. The molecule has 2 heterocycles. The lowest BCUT2D eigenvalue weighted by atomic mass is 10.0. The van der Waals surface area contributed by atoms with Gasteiger partial charge >= 0.3 is 16.1 Å². The molecule has 15 heteroatoms. The molecule has 12 nitrogen and oxygen atoms in total. The van der Waals surface area contributed by atoms with Crippen molar-refractivity contribution in [1.29, 1.82) is 5.26 Å². The highest BCUT2D eigenvalue weighted by Gasteiger charge is 2.57. The minimum atomic E-state index is -4.87. The van der Waals surface area contributed by atoms with E-state index >= 15 is 0 Å². The van der Waals surface area contributed by atoms with E-state index in [0.717, 1.165) is 4.90 Å². The SMILES string of the molecule is CN(C)CCNC(=O)Nc1nc2cc(N3C(S(=O)(=O)O)N(c4ccc(C#N)c(Cl)c4)C(=O)C3(C)C)ccc2s1. The van der Waals surface area contributed by atoms with E-state index < -0.39 is 33.1 Å². The van der Waals surface area contributed by atoms with Gasteiger partial charge in [-0.05, 0) is 64.3 Å². The number of hydrogen-bond donors (Lipinski definition) is 3. The van der Waals surface area contributed by atoms with Gasteiger partial charge in [0.25, 0.3) is 5.91 Å². The van der Waals surface area contributed by atoms with Crippen LogP contribution in [0.2, 0.25) is 5.02 Å². The smallest absolute Gasteiger partial charge is 0.321 e. The third-order valence-corrected chi connectivity index (χ3v) is 8.34. The third-order valence-electron chi connectivity index (χ3n) is 6.12. The van der Waals surface area contributed by atoms with Gasteiger partial charge in [0.15, 0.2) is 5.13 Å². The molecule has 0 spiro atoms. The Labute approximate surface area is 234 Å². The second-order valence-corrected chi connectivity index (χ2v) is 12.5. The van der Waals surface area contributed by atoms with Crippen LogP contribution in [-0.4, -0.2) is 73.0 Å². The van der Waals surface area contributed by atoms with Crippen LogP contribution in [0, 0.1) is 11.3 Å². The summed E-state index contributed by atoms with van der Waals surface area (Å²) in [6.45, 7) is 4.19. The van der Waals surface area contributed by atoms with E-state index in [0.29, 0.717) is 34.1 Å². The molecule has 3 N–H and O–H groups in total. The molecule has 4 rings (SSSR count). The molecular weight excluding hydrogens is 566 g/mol. The molecule has 39 heavy (non-hydrogen) atoms. The average molecular weight is 592 g/mol. The van der Waals surface area contributed by atoms with Gasteiger partial charge in [0, 0.05) is 24.5 Å². The van der Waals surface area contributed by atoms with E-state index in [2.05, 4.69) is 15.6 Å². The number of thiazole rings is 1. The lowest BCUT2D eigenvalue weighted by Gasteiger charge is -2.34. The first-order valence-electron chi connectivity index (χ1n) is 11.6. The number of nitrogens with one attached hydrogen (secondary N) is 2. The Bertz CT molecular complexity index is 1600. The molecule has 0 saturated carbocycles. The summed E-state index contributed by atoms with van der Waals surface area (Å²) in [5.41, 5.74) is -2.23. The van der Waals surface area contributed by atoms with Crippen LogP contribution >= 0.6 is 22.9 Å². The van der Waals surface area contributed by atoms with Crippen LogP contribution in [0.25, 0.3) is 10.2 Å². The molecule has 1 unspecified atom stereocenters. The maximum Gasteiger partial charge on any atom is 0.321 e. The Hall–Kier alpha value is -3.48. The van der Waals surface area contributed by atoms with Crippen LogP contribution in [0.3, 0.4) is 0 Å². The Kier molecular flexibility index (Phi) is 7.75. The molecule has 1 atom stereocenters. The van der Waals surface area contributed by atoms with E-state index in [1.165, 1.54) is 48.3 Å². The number of hydrogen-bond acceptors (Lipinski definition) is 9. The van der Waals surface area contributed by atoms with Gasteiger partial charge in [-0.3, -0.25) is 19.6 Å². The van der Waals surface area contributed by atoms with Gasteiger partial charge in [-0.2, -0.15) is 13.7 Å². The van der Waals surface area contributed by atoms with Crippen LogP contribution in [0.15, 0.2) is 36.4 Å². The summed E-state index contributed by atoms with van der Waals surface area (Å²) in [5, 5.41) is 15.0. The number of nitriles is 1. The number of carbonyl (C=O) groups excluding carboxylic acids is 2. The van der Waals surface area contributed by atoms with Crippen molar-refractivity contribution in [3.05, 3.63) is 47.0 Å². The molecule has 2 aromatic carbocycles. The highest BCUT2D eigenvalue weighted by molar-refractivity contribution is 7.86. The average Bonchev–Trinajstić information content (AvgIpc) is 3.33. The normalized spacial score (nSPS) is 17.1. The van der Waals surface area contributed by atoms with E-state index in [-0.39, 0.29) is 16.3 Å². The number of anilines is 3. The summed E-state index contributed by atoms with van der Waals surface area (Å²) < 4.78 is 36.5. The summed E-state index contributed by atoms with van der Waals surface area (Å²) in [7, 11) is -1.08. The monoisotopic (exact) mass is 591 g/mol. The molecule has 206 valence electrons. The molecule has 0 bridgehead atoms. The van der Waals surface area contributed by atoms with Gasteiger partial charge in [0.2, 0.25) is 5.50 Å². The number of rotatable bonds is 7. The van der Waals surface area contributed by atoms with Gasteiger partial charge in [-0.25, -0.2) is 9.78 Å². The standard InChI is InChI=1S/C24H26ClN7O5S2/c1-24(2)20(33)31(15-6-5-14(13-26)17(25)11-15)23(39(35,36)37)32(24)16-7-8-19-18(12-16)28-22(38-19)29-21(34)27-9-10-30(3)4/h5-8,11-12,23H,9-10H2,1-4H3,(H,35,36,37)(H2,27,28,29,34). The fraction of sp³-hybridized carbons (Fsp3) is 0.333. The first-order chi connectivity index (χ1) is 18.2. The van der Waals surface area contributed by atoms with Crippen molar-refractivity contribution in [3.8, 4) is 6.07 Å². The van der Waals surface area contributed by atoms with Crippen LogP contribution in [0.5, 0.6) is 0 Å². The number of halogens is 1. The highest BCUT2D eigenvalue weighted by Crippen LogP contribution is 2.42. The van der Waals surface area contributed by atoms with Gasteiger partial charge < -0.3 is 15.1 Å². The number of benzene rings is 2. The van der Waals surface area contributed by atoms with Gasteiger partial charge in [-0.15, -0.1) is 0 Å². The number of aromatic nitrogens is 1. The van der Waals surface area contributed by atoms with Crippen LogP contribution in [-0.2, 0) is 14.9 Å². The van der Waals surface area contributed by atoms with Gasteiger partial charge in [0.05, 0.1) is 20.8 Å². The highest BCUT2D eigenvalue weighted by atomic mass is 35.5. The van der Waals surface area contributed by atoms with Crippen LogP contribution < -0.4 is 20.4 Å². The molecule has 3 aromatic rings. The second-order valence-electron chi connectivity index (χ2n) is 9.58.